The van der Waals surface area contributed by atoms with Crippen molar-refractivity contribution in [1.82, 2.24) is 10.2 Å². The lowest BCUT2D eigenvalue weighted by atomic mass is 10.0. The molecule has 3 rings (SSSR count). The van der Waals surface area contributed by atoms with Gasteiger partial charge in [-0.25, -0.2) is 8.42 Å². The van der Waals surface area contributed by atoms with Crippen molar-refractivity contribution in [3.63, 3.8) is 0 Å². The molecule has 232 valence electrons. The molecule has 0 unspecified atom stereocenters. The summed E-state index contributed by atoms with van der Waals surface area (Å²) in [5, 5.41) is 2.58. The summed E-state index contributed by atoms with van der Waals surface area (Å²) in [5.74, 6) is -1.30. The molecule has 43 heavy (non-hydrogen) atoms. The standard InChI is InChI=1S/C30H32Cl2F3N3O4S/c1-4-20(2)36-29(40)27(16-21-10-6-5-7-11-21)37(18-22-12-8-9-13-25(22)31)28(39)19-38(43(3,41)42)23-14-15-26(32)24(17-23)30(33,34)35/h5-15,17,20,27H,4,16,18-19H2,1-3H3,(H,36,40)/t20-,27-/m0/s1. The monoisotopic (exact) mass is 657 g/mol. The summed E-state index contributed by atoms with van der Waals surface area (Å²) in [6.45, 7) is 2.64. The van der Waals surface area contributed by atoms with Crippen molar-refractivity contribution in [2.75, 3.05) is 17.1 Å². The lowest BCUT2D eigenvalue weighted by Crippen LogP contribution is -2.54. The van der Waals surface area contributed by atoms with E-state index >= 15 is 0 Å². The number of anilines is 1. The Morgan fingerprint density at radius 2 is 1.58 bits per heavy atom. The molecule has 0 aliphatic rings. The van der Waals surface area contributed by atoms with Gasteiger partial charge in [0.2, 0.25) is 21.8 Å². The van der Waals surface area contributed by atoms with Gasteiger partial charge in [0.25, 0.3) is 0 Å². The van der Waals surface area contributed by atoms with E-state index < -0.39 is 56.9 Å². The molecule has 0 aliphatic heterocycles. The Morgan fingerprint density at radius 1 is 0.953 bits per heavy atom. The molecule has 2 amide bonds. The largest absolute Gasteiger partial charge is 0.417 e. The van der Waals surface area contributed by atoms with Gasteiger partial charge in [0, 0.05) is 24.0 Å². The number of carbonyl (C=O) groups is 2. The molecule has 0 aromatic heterocycles. The fourth-order valence-electron chi connectivity index (χ4n) is 4.30. The number of nitrogens with zero attached hydrogens (tertiary/aromatic N) is 2. The van der Waals surface area contributed by atoms with Crippen molar-refractivity contribution in [2.45, 2.75) is 51.5 Å². The smallest absolute Gasteiger partial charge is 0.352 e. The topological polar surface area (TPSA) is 86.8 Å². The van der Waals surface area contributed by atoms with Crippen LogP contribution in [0.15, 0.2) is 72.8 Å². The van der Waals surface area contributed by atoms with E-state index in [0.29, 0.717) is 27.4 Å². The van der Waals surface area contributed by atoms with E-state index in [1.807, 2.05) is 13.8 Å². The van der Waals surface area contributed by atoms with Gasteiger partial charge >= 0.3 is 6.18 Å². The lowest BCUT2D eigenvalue weighted by molar-refractivity contribution is -0.140. The normalized spacial score (nSPS) is 13.2. The van der Waals surface area contributed by atoms with Gasteiger partial charge in [-0.05, 0) is 48.7 Å². The first kappa shape index (κ1) is 34.2. The van der Waals surface area contributed by atoms with Gasteiger partial charge in [0.05, 0.1) is 22.5 Å². The highest BCUT2D eigenvalue weighted by Crippen LogP contribution is 2.37. The summed E-state index contributed by atoms with van der Waals surface area (Å²) in [6, 6.07) is 16.8. The quantitative estimate of drug-likeness (QED) is 0.247. The van der Waals surface area contributed by atoms with Crippen molar-refractivity contribution in [3.8, 4) is 0 Å². The molecule has 13 heteroatoms. The molecule has 0 aliphatic carbocycles. The fourth-order valence-corrected chi connectivity index (χ4v) is 5.57. The van der Waals surface area contributed by atoms with Crippen LogP contribution in [0.5, 0.6) is 0 Å². The molecule has 0 fully saturated rings. The number of amides is 2. The van der Waals surface area contributed by atoms with Crippen LogP contribution in [0.1, 0.15) is 37.0 Å². The summed E-state index contributed by atoms with van der Waals surface area (Å²) in [5.41, 5.74) is -0.440. The summed E-state index contributed by atoms with van der Waals surface area (Å²) >= 11 is 12.2. The van der Waals surface area contributed by atoms with Gasteiger partial charge in [-0.1, -0.05) is 78.7 Å². The van der Waals surface area contributed by atoms with Crippen molar-refractivity contribution < 1.29 is 31.2 Å². The molecule has 1 N–H and O–H groups in total. The number of hydrogen-bond acceptors (Lipinski definition) is 4. The van der Waals surface area contributed by atoms with E-state index in [1.54, 1.807) is 54.6 Å². The number of sulfonamides is 1. The summed E-state index contributed by atoms with van der Waals surface area (Å²) in [4.78, 5) is 29.0. The van der Waals surface area contributed by atoms with Gasteiger partial charge in [-0.15, -0.1) is 0 Å². The molecule has 7 nitrogen and oxygen atoms in total. The Balaban J connectivity index is 2.12. The van der Waals surface area contributed by atoms with Crippen LogP contribution in [0, 0.1) is 0 Å². The van der Waals surface area contributed by atoms with Crippen molar-refractivity contribution >= 4 is 50.7 Å². The minimum atomic E-state index is -4.87. The molecular formula is C30H32Cl2F3N3O4S. The number of alkyl halides is 3. The zero-order valence-electron chi connectivity index (χ0n) is 23.7. The van der Waals surface area contributed by atoms with Crippen LogP contribution >= 0.6 is 23.2 Å². The average molecular weight is 659 g/mol. The highest BCUT2D eigenvalue weighted by atomic mass is 35.5. The van der Waals surface area contributed by atoms with Gasteiger partial charge < -0.3 is 10.2 Å². The van der Waals surface area contributed by atoms with Gasteiger partial charge in [-0.2, -0.15) is 13.2 Å². The fraction of sp³-hybridized carbons (Fsp3) is 0.333. The van der Waals surface area contributed by atoms with Crippen LogP contribution in [0.4, 0.5) is 18.9 Å². The Bertz CT molecular complexity index is 1540. The second-order valence-electron chi connectivity index (χ2n) is 10.1. The Kier molecular flexibility index (Phi) is 11.5. The SMILES string of the molecule is CC[C@H](C)NC(=O)[C@H](Cc1ccccc1)N(Cc1ccccc1Cl)C(=O)CN(c1ccc(Cl)c(C(F)(F)F)c1)S(C)(=O)=O. The number of rotatable bonds is 12. The molecule has 0 heterocycles. The van der Waals surface area contributed by atoms with E-state index in [4.69, 9.17) is 23.2 Å². The van der Waals surface area contributed by atoms with E-state index in [0.717, 1.165) is 24.0 Å². The molecule has 2 atom stereocenters. The van der Waals surface area contributed by atoms with Crippen molar-refractivity contribution in [1.29, 1.82) is 0 Å². The van der Waals surface area contributed by atoms with Gasteiger partial charge in [0.1, 0.15) is 12.6 Å². The molecular weight excluding hydrogens is 626 g/mol. The minimum Gasteiger partial charge on any atom is -0.352 e. The Morgan fingerprint density at radius 3 is 2.16 bits per heavy atom. The zero-order valence-corrected chi connectivity index (χ0v) is 26.1. The number of halogens is 5. The Hall–Kier alpha value is -3.28. The maximum absolute atomic E-state index is 14.1. The molecule has 0 saturated heterocycles. The lowest BCUT2D eigenvalue weighted by Gasteiger charge is -2.34. The van der Waals surface area contributed by atoms with Crippen LogP contribution in [-0.4, -0.2) is 50.0 Å². The maximum atomic E-state index is 14.1. The molecule has 3 aromatic rings. The predicted octanol–water partition coefficient (Wildman–Crippen LogP) is 6.33. The molecule has 0 saturated carbocycles. The number of benzene rings is 3. The third kappa shape index (κ3) is 9.35. The van der Waals surface area contributed by atoms with Crippen LogP contribution in [0.3, 0.4) is 0 Å². The molecule has 0 radical (unpaired) electrons. The summed E-state index contributed by atoms with van der Waals surface area (Å²) in [6.07, 6.45) is -3.40. The van der Waals surface area contributed by atoms with Crippen molar-refractivity contribution in [2.24, 2.45) is 0 Å². The maximum Gasteiger partial charge on any atom is 0.417 e. The van der Waals surface area contributed by atoms with Crippen LogP contribution < -0.4 is 9.62 Å². The van der Waals surface area contributed by atoms with Gasteiger partial charge in [-0.3, -0.25) is 13.9 Å². The third-order valence-corrected chi connectivity index (χ3v) is 8.63. The number of carbonyl (C=O) groups excluding carboxylic acids is 2. The van der Waals surface area contributed by atoms with Gasteiger partial charge in [0.15, 0.2) is 0 Å². The zero-order chi connectivity index (χ0) is 31.9. The van der Waals surface area contributed by atoms with E-state index in [-0.39, 0.29) is 19.0 Å². The first-order valence-electron chi connectivity index (χ1n) is 13.3. The number of nitrogens with one attached hydrogen (secondary N) is 1. The first-order valence-corrected chi connectivity index (χ1v) is 15.9. The molecule has 0 bridgehead atoms. The first-order chi connectivity index (χ1) is 20.1. The van der Waals surface area contributed by atoms with E-state index in [1.165, 1.54) is 4.90 Å². The minimum absolute atomic E-state index is 0.0807. The van der Waals surface area contributed by atoms with Crippen LogP contribution in [0.2, 0.25) is 10.0 Å². The number of hydrogen-bond donors (Lipinski definition) is 1. The van der Waals surface area contributed by atoms with E-state index in [9.17, 15) is 31.2 Å². The second kappa shape index (κ2) is 14.5. The van der Waals surface area contributed by atoms with Crippen molar-refractivity contribution in [3.05, 3.63) is 99.5 Å². The molecule has 3 aromatic carbocycles. The van der Waals surface area contributed by atoms with Crippen LogP contribution in [-0.2, 0) is 38.8 Å². The highest BCUT2D eigenvalue weighted by Gasteiger charge is 2.36. The Labute approximate surface area is 259 Å². The average Bonchev–Trinajstić information content (AvgIpc) is 2.94. The second-order valence-corrected chi connectivity index (χ2v) is 12.8. The summed E-state index contributed by atoms with van der Waals surface area (Å²) < 4.78 is 67.1. The summed E-state index contributed by atoms with van der Waals surface area (Å²) in [7, 11) is -4.28. The van der Waals surface area contributed by atoms with Crippen LogP contribution in [0.25, 0.3) is 0 Å². The third-order valence-electron chi connectivity index (χ3n) is 6.79. The predicted molar refractivity (Wildman–Crippen MR) is 162 cm³/mol. The highest BCUT2D eigenvalue weighted by molar-refractivity contribution is 7.92. The molecule has 0 spiro atoms. The van der Waals surface area contributed by atoms with E-state index in [2.05, 4.69) is 5.32 Å².